The number of hydrogen-bond donors (Lipinski definition) is 3. The van der Waals surface area contributed by atoms with Gasteiger partial charge < -0.3 is 10.5 Å². The Morgan fingerprint density at radius 3 is 2.54 bits per heavy atom. The van der Waals surface area contributed by atoms with E-state index in [1.165, 1.54) is 18.2 Å². The van der Waals surface area contributed by atoms with Crippen LogP contribution in [-0.2, 0) is 0 Å². The first-order valence-corrected chi connectivity index (χ1v) is 10.5. The second-order valence-corrected chi connectivity index (χ2v) is 7.97. The first-order valence-electron chi connectivity index (χ1n) is 9.78. The van der Waals surface area contributed by atoms with Crippen molar-refractivity contribution < 1.29 is 4.74 Å². The van der Waals surface area contributed by atoms with Crippen LogP contribution in [0, 0.1) is 0 Å². The van der Waals surface area contributed by atoms with Gasteiger partial charge in [-0.2, -0.15) is 14.9 Å². The van der Waals surface area contributed by atoms with Gasteiger partial charge in [0, 0.05) is 11.5 Å². The third-order valence-electron chi connectivity index (χ3n) is 4.88. The Morgan fingerprint density at radius 2 is 1.77 bits per heavy atom. The highest BCUT2D eigenvalue weighted by Gasteiger charge is 2.18. The maximum Gasteiger partial charge on any atom is 0.349 e. The van der Waals surface area contributed by atoms with Crippen LogP contribution in [0.1, 0.15) is 0 Å². The lowest BCUT2D eigenvalue weighted by atomic mass is 10.1. The molecule has 0 spiro atoms. The van der Waals surface area contributed by atoms with Gasteiger partial charge in [-0.15, -0.1) is 10.2 Å². The number of aromatic amines is 2. The predicted octanol–water partition coefficient (Wildman–Crippen LogP) is 2.30. The number of rotatable bonds is 4. The van der Waals surface area contributed by atoms with Gasteiger partial charge >= 0.3 is 5.69 Å². The van der Waals surface area contributed by atoms with Crippen LogP contribution in [0.15, 0.2) is 63.0 Å². The van der Waals surface area contributed by atoms with Crippen molar-refractivity contribution in [3.8, 4) is 28.4 Å². The minimum absolute atomic E-state index is 0.00120. The highest BCUT2D eigenvalue weighted by Crippen LogP contribution is 2.40. The molecule has 0 amide bonds. The Balaban J connectivity index is 1.58. The molecule has 5 aromatic rings. The summed E-state index contributed by atoms with van der Waals surface area (Å²) in [7, 11) is 0. The van der Waals surface area contributed by atoms with Crippen LogP contribution in [0.2, 0.25) is 10.0 Å². The van der Waals surface area contributed by atoms with E-state index in [0.717, 1.165) is 10.1 Å². The van der Waals surface area contributed by atoms with Crippen molar-refractivity contribution in [2.45, 2.75) is 0 Å². The largest absolute Gasteiger partial charge is 0.434 e. The van der Waals surface area contributed by atoms with Crippen LogP contribution < -0.4 is 27.3 Å². The van der Waals surface area contributed by atoms with E-state index in [2.05, 4.69) is 25.5 Å². The maximum absolute atomic E-state index is 12.1. The first-order chi connectivity index (χ1) is 16.8. The Kier molecular flexibility index (Phi) is 5.51. The Morgan fingerprint density at radius 1 is 1.00 bits per heavy atom. The van der Waals surface area contributed by atoms with Crippen LogP contribution >= 0.6 is 23.2 Å². The van der Waals surface area contributed by atoms with Crippen LogP contribution in [0.25, 0.3) is 27.7 Å². The molecule has 0 fully saturated rings. The molecule has 0 saturated heterocycles. The summed E-state index contributed by atoms with van der Waals surface area (Å²) < 4.78 is 6.73. The van der Waals surface area contributed by atoms with Crippen LogP contribution in [0.4, 0.5) is 5.82 Å². The third-order valence-corrected chi connectivity index (χ3v) is 5.44. The van der Waals surface area contributed by atoms with Gasteiger partial charge in [-0.05, 0) is 35.9 Å². The molecule has 14 heteroatoms. The van der Waals surface area contributed by atoms with Gasteiger partial charge in [0.25, 0.3) is 11.1 Å². The average molecular weight is 511 g/mol. The zero-order valence-electron chi connectivity index (χ0n) is 17.3. The fourth-order valence-corrected chi connectivity index (χ4v) is 3.83. The summed E-state index contributed by atoms with van der Waals surface area (Å²) in [6.45, 7) is 0. The van der Waals surface area contributed by atoms with Crippen molar-refractivity contribution in [3.05, 3.63) is 89.9 Å². The number of aromatic nitrogens is 7. The molecule has 0 unspecified atom stereocenters. The molecular formula is C21H12Cl2N8O4. The Hall–Kier alpha value is -4.55. The summed E-state index contributed by atoms with van der Waals surface area (Å²) >= 11 is 12.8. The standard InChI is InChI=1S/C21H12Cl2N8O4/c22-13-6-11(31-21(34)26-19(33)18(24)30-31)7-14(23)17(13)35-20-12(8-16(32)28-29-20)9-1-2-15-10(5-9)3-4-25-27-15/h1-8H,(H2,24,30)(H,28,32)(H,26,33,34). The van der Waals surface area contributed by atoms with Crippen molar-refractivity contribution in [1.29, 1.82) is 0 Å². The van der Waals surface area contributed by atoms with Crippen LogP contribution in [0.3, 0.4) is 0 Å². The molecule has 0 aliphatic carbocycles. The lowest BCUT2D eigenvalue weighted by Crippen LogP contribution is -2.33. The lowest BCUT2D eigenvalue weighted by Gasteiger charge is -2.14. The third kappa shape index (κ3) is 4.23. The molecule has 5 rings (SSSR count). The van der Waals surface area contributed by atoms with Crippen LogP contribution in [-0.4, -0.2) is 35.2 Å². The highest BCUT2D eigenvalue weighted by molar-refractivity contribution is 6.37. The minimum atomic E-state index is -0.837. The molecular weight excluding hydrogens is 499 g/mol. The van der Waals surface area contributed by atoms with Gasteiger partial charge in [0.2, 0.25) is 11.7 Å². The second kappa shape index (κ2) is 8.66. The van der Waals surface area contributed by atoms with Gasteiger partial charge in [0.1, 0.15) is 0 Å². The van der Waals surface area contributed by atoms with E-state index in [-0.39, 0.29) is 27.4 Å². The monoisotopic (exact) mass is 510 g/mol. The predicted molar refractivity (Wildman–Crippen MR) is 128 cm³/mol. The van der Waals surface area contributed by atoms with E-state index in [1.807, 2.05) is 4.98 Å². The molecule has 4 N–H and O–H groups in total. The molecule has 3 heterocycles. The van der Waals surface area contributed by atoms with E-state index in [4.69, 9.17) is 33.7 Å². The molecule has 2 aromatic carbocycles. The quantitative estimate of drug-likeness (QED) is 0.327. The van der Waals surface area contributed by atoms with Crippen molar-refractivity contribution in [2.24, 2.45) is 0 Å². The summed E-state index contributed by atoms with van der Waals surface area (Å²) in [5.74, 6) is -0.387. The lowest BCUT2D eigenvalue weighted by molar-refractivity contribution is 0.456. The number of nitrogens with one attached hydrogen (secondary N) is 2. The molecule has 12 nitrogen and oxygen atoms in total. The zero-order chi connectivity index (χ0) is 24.7. The normalized spacial score (nSPS) is 11.0. The number of halogens is 2. The molecule has 0 radical (unpaired) electrons. The summed E-state index contributed by atoms with van der Waals surface area (Å²) in [6.07, 6.45) is 1.55. The van der Waals surface area contributed by atoms with Gasteiger partial charge in [0.15, 0.2) is 5.75 Å². The van der Waals surface area contributed by atoms with Gasteiger partial charge in [-0.3, -0.25) is 14.6 Å². The Bertz CT molecular complexity index is 1770. The number of benzene rings is 2. The summed E-state index contributed by atoms with van der Waals surface area (Å²) in [5.41, 5.74) is 5.20. The van der Waals surface area contributed by atoms with E-state index in [1.54, 1.807) is 30.5 Å². The van der Waals surface area contributed by atoms with Gasteiger partial charge in [0.05, 0.1) is 33.0 Å². The van der Waals surface area contributed by atoms with E-state index < -0.39 is 22.6 Å². The van der Waals surface area contributed by atoms with Crippen molar-refractivity contribution in [3.63, 3.8) is 0 Å². The van der Waals surface area contributed by atoms with Gasteiger partial charge in [-0.1, -0.05) is 29.3 Å². The smallest absolute Gasteiger partial charge is 0.349 e. The van der Waals surface area contributed by atoms with E-state index in [9.17, 15) is 14.4 Å². The minimum Gasteiger partial charge on any atom is -0.434 e. The molecule has 0 atom stereocenters. The second-order valence-electron chi connectivity index (χ2n) is 7.15. The van der Waals surface area contributed by atoms with Crippen molar-refractivity contribution in [1.82, 2.24) is 35.2 Å². The van der Waals surface area contributed by atoms with Gasteiger partial charge in [-0.25, -0.2) is 9.89 Å². The number of nitrogen functional groups attached to an aromatic ring is 1. The van der Waals surface area contributed by atoms with E-state index >= 15 is 0 Å². The summed E-state index contributed by atoms with van der Waals surface area (Å²) in [4.78, 5) is 37.7. The fraction of sp³-hybridized carbons (Fsp3) is 0. The average Bonchev–Trinajstić information content (AvgIpc) is 2.84. The summed E-state index contributed by atoms with van der Waals surface area (Å²) in [6, 6.07) is 11.1. The number of ether oxygens (including phenoxy) is 1. The maximum atomic E-state index is 12.1. The van der Waals surface area contributed by atoms with Crippen LogP contribution in [0.5, 0.6) is 11.6 Å². The van der Waals surface area contributed by atoms with E-state index in [0.29, 0.717) is 16.6 Å². The SMILES string of the molecule is Nc1nn(-c2cc(Cl)c(Oc3n[nH]c(=O)cc3-c3ccc4nnccc4c3)c(Cl)c2)c(=O)[nH]c1=O. The number of hydrogen-bond acceptors (Lipinski definition) is 9. The van der Waals surface area contributed by atoms with Crippen molar-refractivity contribution >= 4 is 39.9 Å². The Labute approximate surface area is 203 Å². The number of nitrogens with zero attached hydrogens (tertiary/aromatic N) is 5. The number of anilines is 1. The first kappa shape index (κ1) is 22.3. The fourth-order valence-electron chi connectivity index (χ4n) is 3.28. The number of nitrogens with two attached hydrogens (primary N) is 1. The molecule has 174 valence electrons. The molecule has 35 heavy (non-hydrogen) atoms. The van der Waals surface area contributed by atoms with Crippen molar-refractivity contribution in [2.75, 3.05) is 5.73 Å². The number of H-pyrrole nitrogens is 2. The topological polar surface area (TPSA) is 175 Å². The zero-order valence-corrected chi connectivity index (χ0v) is 18.8. The molecule has 0 aliphatic heterocycles. The highest BCUT2D eigenvalue weighted by atomic mass is 35.5. The number of fused-ring (bicyclic) bond motifs is 1. The molecule has 3 aromatic heterocycles. The molecule has 0 aliphatic rings. The molecule has 0 saturated carbocycles. The molecule has 0 bridgehead atoms. The summed E-state index contributed by atoms with van der Waals surface area (Å²) in [5, 5.41) is 18.7.